The Bertz CT molecular complexity index is 534. The molecule has 92 valence electrons. The smallest absolute Gasteiger partial charge is 0.234 e. The Morgan fingerprint density at radius 1 is 1.28 bits per heavy atom. The van der Waals surface area contributed by atoms with Gasteiger partial charge in [0, 0.05) is 16.4 Å². The van der Waals surface area contributed by atoms with Crippen molar-refractivity contribution in [2.45, 2.75) is 5.03 Å². The molecule has 18 heavy (non-hydrogen) atoms. The summed E-state index contributed by atoms with van der Waals surface area (Å²) in [5, 5.41) is 3.68. The quantitative estimate of drug-likeness (QED) is 0.875. The molecule has 0 fully saturated rings. The summed E-state index contributed by atoms with van der Waals surface area (Å²) in [6.07, 6.45) is 1.72. The molecule has 0 aliphatic carbocycles. The fraction of sp³-hybridized carbons (Fsp3) is 0.0769. The van der Waals surface area contributed by atoms with Crippen LogP contribution < -0.4 is 5.32 Å². The summed E-state index contributed by atoms with van der Waals surface area (Å²) in [5.74, 6) is 0.313. The third kappa shape index (κ3) is 4.16. The van der Waals surface area contributed by atoms with Crippen LogP contribution in [0.5, 0.6) is 0 Å². The van der Waals surface area contributed by atoms with Gasteiger partial charge in [0.25, 0.3) is 0 Å². The number of anilines is 1. The van der Waals surface area contributed by atoms with Gasteiger partial charge in [-0.1, -0.05) is 39.8 Å². The van der Waals surface area contributed by atoms with Crippen LogP contribution in [0.15, 0.2) is 58.2 Å². The molecular formula is C13H11BrN2OS. The van der Waals surface area contributed by atoms with Crippen molar-refractivity contribution in [3.8, 4) is 0 Å². The van der Waals surface area contributed by atoms with Crippen LogP contribution in [0.1, 0.15) is 0 Å². The highest BCUT2D eigenvalue weighted by Gasteiger charge is 2.04. The minimum Gasteiger partial charge on any atom is -0.325 e. The van der Waals surface area contributed by atoms with Crippen LogP contribution >= 0.6 is 27.7 Å². The number of nitrogens with one attached hydrogen (secondary N) is 1. The van der Waals surface area contributed by atoms with E-state index in [-0.39, 0.29) is 5.91 Å². The van der Waals surface area contributed by atoms with Gasteiger partial charge in [0.15, 0.2) is 0 Å². The van der Waals surface area contributed by atoms with Crippen LogP contribution in [-0.2, 0) is 4.79 Å². The Hall–Kier alpha value is -1.33. The number of rotatable bonds is 4. The first-order chi connectivity index (χ1) is 8.74. The van der Waals surface area contributed by atoms with E-state index in [1.165, 1.54) is 11.8 Å². The molecule has 0 bridgehead atoms. The van der Waals surface area contributed by atoms with Gasteiger partial charge in [-0.3, -0.25) is 4.79 Å². The lowest BCUT2D eigenvalue weighted by molar-refractivity contribution is -0.113. The Morgan fingerprint density at radius 2 is 2.17 bits per heavy atom. The Kier molecular flexibility index (Phi) is 4.78. The zero-order valence-corrected chi connectivity index (χ0v) is 11.9. The molecule has 1 amide bonds. The molecule has 0 saturated carbocycles. The van der Waals surface area contributed by atoms with Crippen LogP contribution in [0.3, 0.4) is 0 Å². The molecule has 1 heterocycles. The number of halogens is 1. The van der Waals surface area contributed by atoms with Gasteiger partial charge < -0.3 is 5.32 Å². The van der Waals surface area contributed by atoms with E-state index in [0.717, 1.165) is 15.2 Å². The number of thioether (sulfide) groups is 1. The second kappa shape index (κ2) is 6.56. The number of aromatic nitrogens is 1. The molecule has 5 heteroatoms. The summed E-state index contributed by atoms with van der Waals surface area (Å²) < 4.78 is 0.942. The largest absolute Gasteiger partial charge is 0.325 e. The number of amides is 1. The van der Waals surface area contributed by atoms with E-state index in [4.69, 9.17) is 0 Å². The topological polar surface area (TPSA) is 42.0 Å². The molecule has 2 rings (SSSR count). The molecular weight excluding hydrogens is 312 g/mol. The molecule has 0 spiro atoms. The molecule has 1 N–H and O–H groups in total. The molecule has 0 radical (unpaired) electrons. The lowest BCUT2D eigenvalue weighted by Crippen LogP contribution is -2.13. The van der Waals surface area contributed by atoms with Crippen molar-refractivity contribution < 1.29 is 4.79 Å². The van der Waals surface area contributed by atoms with Gasteiger partial charge >= 0.3 is 0 Å². The number of carbonyl (C=O) groups excluding carboxylic acids is 1. The fourth-order valence-electron chi connectivity index (χ4n) is 1.34. The average Bonchev–Trinajstić information content (AvgIpc) is 2.38. The summed E-state index contributed by atoms with van der Waals surface area (Å²) in [5.41, 5.74) is 0.788. The van der Waals surface area contributed by atoms with Crippen LogP contribution in [-0.4, -0.2) is 16.6 Å². The van der Waals surface area contributed by atoms with E-state index in [1.807, 2.05) is 42.5 Å². The molecule has 0 saturated heterocycles. The van der Waals surface area contributed by atoms with Crippen molar-refractivity contribution in [2.75, 3.05) is 11.1 Å². The SMILES string of the molecule is O=C(CSc1ccccn1)Nc1cccc(Br)c1. The molecule has 2 aromatic rings. The van der Waals surface area contributed by atoms with Crippen molar-refractivity contribution in [1.82, 2.24) is 4.98 Å². The second-order valence-corrected chi connectivity index (χ2v) is 5.43. The summed E-state index contributed by atoms with van der Waals surface area (Å²) >= 11 is 4.78. The molecule has 0 aliphatic rings. The predicted molar refractivity (Wildman–Crippen MR) is 77.7 cm³/mol. The zero-order chi connectivity index (χ0) is 12.8. The Morgan fingerprint density at radius 3 is 2.89 bits per heavy atom. The highest BCUT2D eigenvalue weighted by atomic mass is 79.9. The minimum absolute atomic E-state index is 0.0382. The number of nitrogens with zero attached hydrogens (tertiary/aromatic N) is 1. The predicted octanol–water partition coefficient (Wildman–Crippen LogP) is 3.57. The van der Waals surface area contributed by atoms with Gasteiger partial charge in [-0.05, 0) is 30.3 Å². The fourth-order valence-corrected chi connectivity index (χ4v) is 2.40. The van der Waals surface area contributed by atoms with Crippen LogP contribution in [0.4, 0.5) is 5.69 Å². The van der Waals surface area contributed by atoms with E-state index >= 15 is 0 Å². The number of benzene rings is 1. The lowest BCUT2D eigenvalue weighted by Gasteiger charge is -2.05. The van der Waals surface area contributed by atoms with E-state index < -0.39 is 0 Å². The van der Waals surface area contributed by atoms with E-state index in [9.17, 15) is 4.79 Å². The summed E-state index contributed by atoms with van der Waals surface area (Å²) in [4.78, 5) is 15.9. The van der Waals surface area contributed by atoms with Gasteiger partial charge in [0.05, 0.1) is 10.8 Å². The number of hydrogen-bond acceptors (Lipinski definition) is 3. The third-order valence-corrected chi connectivity index (χ3v) is 3.53. The second-order valence-electron chi connectivity index (χ2n) is 3.52. The maximum Gasteiger partial charge on any atom is 0.234 e. The first-order valence-corrected chi connectivity index (χ1v) is 7.11. The molecule has 3 nitrogen and oxygen atoms in total. The van der Waals surface area contributed by atoms with E-state index in [1.54, 1.807) is 6.20 Å². The van der Waals surface area contributed by atoms with Crippen molar-refractivity contribution in [1.29, 1.82) is 0 Å². The van der Waals surface area contributed by atoms with E-state index in [0.29, 0.717) is 5.75 Å². The highest BCUT2D eigenvalue weighted by Crippen LogP contribution is 2.17. The normalized spacial score (nSPS) is 10.1. The van der Waals surface area contributed by atoms with Crippen molar-refractivity contribution in [3.63, 3.8) is 0 Å². The molecule has 0 aliphatic heterocycles. The van der Waals surface area contributed by atoms with Crippen LogP contribution in [0, 0.1) is 0 Å². The maximum absolute atomic E-state index is 11.7. The van der Waals surface area contributed by atoms with Crippen LogP contribution in [0.2, 0.25) is 0 Å². The first-order valence-electron chi connectivity index (χ1n) is 5.33. The van der Waals surface area contributed by atoms with Gasteiger partial charge in [0.2, 0.25) is 5.91 Å². The molecule has 1 aromatic heterocycles. The highest BCUT2D eigenvalue weighted by molar-refractivity contribution is 9.10. The summed E-state index contributed by atoms with van der Waals surface area (Å²) in [6.45, 7) is 0. The third-order valence-electron chi connectivity index (χ3n) is 2.10. The van der Waals surface area contributed by atoms with Gasteiger partial charge in [0.1, 0.15) is 0 Å². The van der Waals surface area contributed by atoms with Gasteiger partial charge in [-0.15, -0.1) is 0 Å². The Balaban J connectivity index is 1.86. The molecule has 1 aromatic carbocycles. The van der Waals surface area contributed by atoms with Gasteiger partial charge in [-0.2, -0.15) is 0 Å². The minimum atomic E-state index is -0.0382. The van der Waals surface area contributed by atoms with Gasteiger partial charge in [-0.25, -0.2) is 4.98 Å². The monoisotopic (exact) mass is 322 g/mol. The first kappa shape index (κ1) is 13.1. The zero-order valence-electron chi connectivity index (χ0n) is 9.47. The van der Waals surface area contributed by atoms with Crippen LogP contribution in [0.25, 0.3) is 0 Å². The number of pyridine rings is 1. The summed E-state index contributed by atoms with van der Waals surface area (Å²) in [7, 11) is 0. The van der Waals surface area contributed by atoms with Crippen molar-refractivity contribution in [2.24, 2.45) is 0 Å². The van der Waals surface area contributed by atoms with Crippen molar-refractivity contribution >= 4 is 39.3 Å². The number of hydrogen-bond donors (Lipinski definition) is 1. The Labute approximate surface area is 118 Å². The van der Waals surface area contributed by atoms with Crippen molar-refractivity contribution in [3.05, 3.63) is 53.1 Å². The summed E-state index contributed by atoms with van der Waals surface area (Å²) in [6, 6.07) is 13.2. The molecule has 0 unspecified atom stereocenters. The lowest BCUT2D eigenvalue weighted by atomic mass is 10.3. The maximum atomic E-state index is 11.7. The number of carbonyl (C=O) groups is 1. The standard InChI is InChI=1S/C13H11BrN2OS/c14-10-4-3-5-11(8-10)16-12(17)9-18-13-6-1-2-7-15-13/h1-8H,9H2,(H,16,17). The van der Waals surface area contributed by atoms with E-state index in [2.05, 4.69) is 26.2 Å². The average molecular weight is 323 g/mol. The molecule has 0 atom stereocenters.